The molecular weight excluding hydrogens is 258 g/mol. The third-order valence-corrected chi connectivity index (χ3v) is 2.68. The summed E-state index contributed by atoms with van der Waals surface area (Å²) in [6.07, 6.45) is 4.04. The predicted octanol–water partition coefficient (Wildman–Crippen LogP) is 1.86. The first-order valence-electron chi connectivity index (χ1n) is 6.53. The van der Waals surface area contributed by atoms with Crippen LogP contribution in [-0.2, 0) is 17.8 Å². The van der Waals surface area contributed by atoms with E-state index in [2.05, 4.69) is 20.6 Å². The smallest absolute Gasteiger partial charge is 0.237 e. The van der Waals surface area contributed by atoms with E-state index < -0.39 is 5.41 Å². The molecule has 0 fully saturated rings. The molecule has 2 rings (SSSR count). The number of carbonyl (C=O) groups excluding carboxylic acids is 1. The van der Waals surface area contributed by atoms with Crippen LogP contribution in [0.1, 0.15) is 39.5 Å². The van der Waals surface area contributed by atoms with E-state index in [-0.39, 0.29) is 5.91 Å². The monoisotopic (exact) mass is 277 g/mol. The topological polar surface area (TPSA) is 85.8 Å². The van der Waals surface area contributed by atoms with Gasteiger partial charge in [-0.05, 0) is 0 Å². The lowest BCUT2D eigenvalue weighted by Gasteiger charge is -2.16. The van der Waals surface area contributed by atoms with Crippen molar-refractivity contribution in [3.05, 3.63) is 24.2 Å². The largest absolute Gasteiger partial charge is 0.423 e. The van der Waals surface area contributed by atoms with Gasteiger partial charge in [0, 0.05) is 18.0 Å². The van der Waals surface area contributed by atoms with E-state index in [9.17, 15) is 4.79 Å². The van der Waals surface area contributed by atoms with E-state index >= 15 is 0 Å². The van der Waals surface area contributed by atoms with Crippen molar-refractivity contribution < 1.29 is 9.21 Å². The van der Waals surface area contributed by atoms with Gasteiger partial charge in [0.05, 0.1) is 11.9 Å². The molecule has 7 nitrogen and oxygen atoms in total. The summed E-state index contributed by atoms with van der Waals surface area (Å²) in [6.45, 7) is 7.91. The molecule has 0 bridgehead atoms. The van der Waals surface area contributed by atoms with Gasteiger partial charge in [-0.25, -0.2) is 0 Å². The van der Waals surface area contributed by atoms with Crippen LogP contribution in [-0.4, -0.2) is 25.9 Å². The van der Waals surface area contributed by atoms with E-state index in [1.54, 1.807) is 17.1 Å². The zero-order valence-electron chi connectivity index (χ0n) is 12.2. The Morgan fingerprint density at radius 3 is 2.65 bits per heavy atom. The fourth-order valence-electron chi connectivity index (χ4n) is 1.47. The van der Waals surface area contributed by atoms with Gasteiger partial charge in [-0.3, -0.25) is 9.48 Å². The predicted molar refractivity (Wildman–Crippen MR) is 73.1 cm³/mol. The van der Waals surface area contributed by atoms with E-state index in [0.29, 0.717) is 30.4 Å². The van der Waals surface area contributed by atoms with Gasteiger partial charge in [-0.2, -0.15) is 5.10 Å². The number of aryl methyl sites for hydroxylation is 1. The summed E-state index contributed by atoms with van der Waals surface area (Å²) in [7, 11) is 0. The van der Waals surface area contributed by atoms with Crippen LogP contribution in [0.15, 0.2) is 16.8 Å². The van der Waals surface area contributed by atoms with Crippen LogP contribution in [0.4, 0.5) is 5.69 Å². The highest BCUT2D eigenvalue weighted by Gasteiger charge is 2.21. The molecule has 2 aromatic rings. The lowest BCUT2D eigenvalue weighted by Crippen LogP contribution is -2.27. The van der Waals surface area contributed by atoms with Crippen LogP contribution < -0.4 is 5.32 Å². The number of rotatable bonds is 4. The molecule has 0 aromatic carbocycles. The maximum Gasteiger partial charge on any atom is 0.237 e. The van der Waals surface area contributed by atoms with E-state index in [1.165, 1.54) is 0 Å². The highest BCUT2D eigenvalue weighted by Crippen LogP contribution is 2.17. The quantitative estimate of drug-likeness (QED) is 0.921. The van der Waals surface area contributed by atoms with Crippen LogP contribution in [0, 0.1) is 5.41 Å². The SMILES string of the molecule is CCc1nnc(Cn2cc(NC(=O)C(C)(C)C)cn2)o1. The van der Waals surface area contributed by atoms with Crippen LogP contribution in [0.5, 0.6) is 0 Å². The van der Waals surface area contributed by atoms with Gasteiger partial charge in [0.25, 0.3) is 0 Å². The fourth-order valence-corrected chi connectivity index (χ4v) is 1.47. The van der Waals surface area contributed by atoms with Crippen molar-refractivity contribution in [2.75, 3.05) is 5.32 Å². The summed E-state index contributed by atoms with van der Waals surface area (Å²) in [4.78, 5) is 11.9. The Labute approximate surface area is 117 Å². The molecule has 0 saturated carbocycles. The van der Waals surface area contributed by atoms with E-state index in [0.717, 1.165) is 0 Å². The zero-order valence-corrected chi connectivity index (χ0v) is 12.2. The number of nitrogens with one attached hydrogen (secondary N) is 1. The molecule has 0 atom stereocenters. The van der Waals surface area contributed by atoms with Gasteiger partial charge >= 0.3 is 0 Å². The van der Waals surface area contributed by atoms with Crippen molar-refractivity contribution in [3.8, 4) is 0 Å². The highest BCUT2D eigenvalue weighted by atomic mass is 16.4. The number of amides is 1. The molecular formula is C13H19N5O2. The molecule has 0 spiro atoms. The first-order chi connectivity index (χ1) is 9.38. The normalized spacial score (nSPS) is 11.6. The number of nitrogens with zero attached hydrogens (tertiary/aromatic N) is 4. The van der Waals surface area contributed by atoms with E-state index in [1.807, 2.05) is 27.7 Å². The second-order valence-electron chi connectivity index (χ2n) is 5.57. The van der Waals surface area contributed by atoms with Gasteiger partial charge in [-0.15, -0.1) is 10.2 Å². The van der Waals surface area contributed by atoms with Gasteiger partial charge in [0.2, 0.25) is 17.7 Å². The number of carbonyl (C=O) groups is 1. The van der Waals surface area contributed by atoms with Crippen molar-refractivity contribution in [1.82, 2.24) is 20.0 Å². The van der Waals surface area contributed by atoms with Gasteiger partial charge in [-0.1, -0.05) is 27.7 Å². The summed E-state index contributed by atoms with van der Waals surface area (Å²) >= 11 is 0. The second kappa shape index (κ2) is 5.44. The summed E-state index contributed by atoms with van der Waals surface area (Å²) < 4.78 is 7.06. The first-order valence-corrected chi connectivity index (χ1v) is 6.53. The van der Waals surface area contributed by atoms with Crippen LogP contribution in [0.2, 0.25) is 0 Å². The Balaban J connectivity index is 2.00. The molecule has 0 radical (unpaired) electrons. The molecule has 0 aliphatic carbocycles. The number of aromatic nitrogens is 4. The van der Waals surface area contributed by atoms with Crippen molar-refractivity contribution in [3.63, 3.8) is 0 Å². The molecule has 0 aliphatic heterocycles. The van der Waals surface area contributed by atoms with Crippen molar-refractivity contribution in [1.29, 1.82) is 0 Å². The van der Waals surface area contributed by atoms with Crippen molar-refractivity contribution in [2.45, 2.75) is 40.7 Å². The third-order valence-electron chi connectivity index (χ3n) is 2.68. The van der Waals surface area contributed by atoms with Gasteiger partial charge in [0.15, 0.2) is 0 Å². The molecule has 20 heavy (non-hydrogen) atoms. The maximum absolute atomic E-state index is 11.9. The first kappa shape index (κ1) is 14.2. The zero-order chi connectivity index (χ0) is 14.8. The fraction of sp³-hybridized carbons (Fsp3) is 0.538. The lowest BCUT2D eigenvalue weighted by atomic mass is 9.96. The number of hydrogen-bond acceptors (Lipinski definition) is 5. The van der Waals surface area contributed by atoms with Crippen LogP contribution in [0.25, 0.3) is 0 Å². The molecule has 108 valence electrons. The highest BCUT2D eigenvalue weighted by molar-refractivity contribution is 5.94. The summed E-state index contributed by atoms with van der Waals surface area (Å²) in [6, 6.07) is 0. The molecule has 7 heteroatoms. The number of anilines is 1. The Morgan fingerprint density at radius 2 is 2.05 bits per heavy atom. The molecule has 0 unspecified atom stereocenters. The van der Waals surface area contributed by atoms with Gasteiger partial charge < -0.3 is 9.73 Å². The minimum Gasteiger partial charge on any atom is -0.423 e. The molecule has 0 aliphatic rings. The summed E-state index contributed by atoms with van der Waals surface area (Å²) in [5.41, 5.74) is 0.213. The second-order valence-corrected chi connectivity index (χ2v) is 5.57. The standard InChI is InChI=1S/C13H19N5O2/c1-5-10-16-17-11(20-10)8-18-7-9(6-14-18)15-12(19)13(2,3)4/h6-7H,5,8H2,1-4H3,(H,15,19). The average Bonchev–Trinajstić information content (AvgIpc) is 2.98. The number of hydrogen-bond donors (Lipinski definition) is 1. The maximum atomic E-state index is 11.9. The molecule has 2 heterocycles. The molecule has 0 saturated heterocycles. The average molecular weight is 277 g/mol. The van der Waals surface area contributed by atoms with Gasteiger partial charge in [0.1, 0.15) is 6.54 Å². The lowest BCUT2D eigenvalue weighted by molar-refractivity contribution is -0.123. The summed E-state index contributed by atoms with van der Waals surface area (Å²) in [5.74, 6) is 1.05. The summed E-state index contributed by atoms with van der Waals surface area (Å²) in [5, 5.41) is 14.8. The van der Waals surface area contributed by atoms with Crippen molar-refractivity contribution in [2.24, 2.45) is 5.41 Å². The minimum atomic E-state index is -0.440. The molecule has 1 N–H and O–H groups in total. The van der Waals surface area contributed by atoms with E-state index in [4.69, 9.17) is 4.42 Å². The molecule has 2 aromatic heterocycles. The molecule has 1 amide bonds. The third kappa shape index (κ3) is 3.43. The van der Waals surface area contributed by atoms with Crippen LogP contribution in [0.3, 0.4) is 0 Å². The van der Waals surface area contributed by atoms with Crippen LogP contribution >= 0.6 is 0 Å². The Bertz CT molecular complexity index is 594. The Morgan fingerprint density at radius 1 is 1.35 bits per heavy atom. The Hall–Kier alpha value is -2.18. The van der Waals surface area contributed by atoms with Crippen molar-refractivity contribution >= 4 is 11.6 Å². The Kier molecular flexibility index (Phi) is 3.87. The minimum absolute atomic E-state index is 0.0527.